The van der Waals surface area contributed by atoms with Gasteiger partial charge in [-0.15, -0.1) is 24.0 Å². The summed E-state index contributed by atoms with van der Waals surface area (Å²) in [5, 5.41) is 7.86. The highest BCUT2D eigenvalue weighted by Crippen LogP contribution is 2.25. The monoisotopic (exact) mass is 512 g/mol. The summed E-state index contributed by atoms with van der Waals surface area (Å²) in [6, 6.07) is 5.50. The Balaban J connectivity index is 0.00000338. The fraction of sp³-hybridized carbons (Fsp3) is 0.556. The number of rotatable bonds is 7. The van der Waals surface area contributed by atoms with Gasteiger partial charge in [0.2, 0.25) is 5.91 Å². The summed E-state index contributed by atoms with van der Waals surface area (Å²) in [6.45, 7) is 7.16. The molecule has 0 aliphatic carbocycles. The van der Waals surface area contributed by atoms with E-state index in [2.05, 4.69) is 15.6 Å². The average molecular weight is 513 g/mol. The number of hydrogen-bond acceptors (Lipinski definition) is 2. The third kappa shape index (κ3) is 7.12. The molecular weight excluding hydrogens is 486 g/mol. The summed E-state index contributed by atoms with van der Waals surface area (Å²) < 4.78 is 0. The van der Waals surface area contributed by atoms with Gasteiger partial charge in [-0.05, 0) is 44.4 Å². The maximum Gasteiger partial charge on any atom is 0.222 e. The lowest BCUT2D eigenvalue weighted by molar-refractivity contribution is -0.127. The minimum Gasteiger partial charge on any atom is -0.357 e. The fourth-order valence-electron chi connectivity index (χ4n) is 2.85. The van der Waals surface area contributed by atoms with Crippen molar-refractivity contribution in [3.8, 4) is 0 Å². The molecule has 1 aliphatic rings. The van der Waals surface area contributed by atoms with Crippen molar-refractivity contribution >= 4 is 59.0 Å². The zero-order valence-corrected chi connectivity index (χ0v) is 19.1. The molecule has 1 aromatic carbocycles. The third-order valence-corrected chi connectivity index (χ3v) is 4.72. The molecule has 1 atom stereocenters. The number of carbonyl (C=O) groups is 1. The molecule has 0 spiro atoms. The van der Waals surface area contributed by atoms with Gasteiger partial charge in [-0.25, -0.2) is 0 Å². The molecule has 146 valence electrons. The largest absolute Gasteiger partial charge is 0.357 e. The number of carbonyl (C=O) groups excluding carboxylic acids is 1. The minimum absolute atomic E-state index is 0. The highest BCUT2D eigenvalue weighted by Gasteiger charge is 2.19. The van der Waals surface area contributed by atoms with E-state index in [1.807, 2.05) is 30.9 Å². The van der Waals surface area contributed by atoms with Crippen LogP contribution in [-0.4, -0.2) is 42.9 Å². The molecule has 1 fully saturated rings. The second-order valence-corrected chi connectivity index (χ2v) is 6.97. The van der Waals surface area contributed by atoms with Crippen LogP contribution in [-0.2, 0) is 4.79 Å². The van der Waals surface area contributed by atoms with Gasteiger partial charge in [-0.2, -0.15) is 0 Å². The van der Waals surface area contributed by atoms with Crippen molar-refractivity contribution < 1.29 is 4.79 Å². The van der Waals surface area contributed by atoms with Crippen LogP contribution in [0.15, 0.2) is 23.2 Å². The van der Waals surface area contributed by atoms with Crippen molar-refractivity contribution in [2.45, 2.75) is 39.2 Å². The van der Waals surface area contributed by atoms with Crippen molar-refractivity contribution in [1.29, 1.82) is 0 Å². The Morgan fingerprint density at radius 2 is 2.15 bits per heavy atom. The van der Waals surface area contributed by atoms with E-state index in [1.54, 1.807) is 6.07 Å². The SMILES string of the molecule is CCNC(=NCCCN1CCCC1=O)NC(C)c1ccc(Cl)cc1Cl.I. The molecule has 2 N–H and O–H groups in total. The Hall–Kier alpha value is -0.730. The molecule has 0 saturated carbocycles. The standard InChI is InChI=1S/C18H26Cl2N4O.HI/c1-3-21-18(22-9-5-11-24-10-4-6-17(24)25)23-13(2)15-8-7-14(19)12-16(15)20;/h7-8,12-13H,3-6,9-11H2,1-2H3,(H2,21,22,23);1H. The Kier molecular flexibility index (Phi) is 10.6. The first kappa shape index (κ1) is 23.3. The zero-order valence-electron chi connectivity index (χ0n) is 15.2. The summed E-state index contributed by atoms with van der Waals surface area (Å²) in [7, 11) is 0. The van der Waals surface area contributed by atoms with Crippen molar-refractivity contribution in [3.63, 3.8) is 0 Å². The minimum atomic E-state index is 0. The molecule has 1 aliphatic heterocycles. The second-order valence-electron chi connectivity index (χ2n) is 6.13. The Morgan fingerprint density at radius 1 is 1.38 bits per heavy atom. The van der Waals surface area contributed by atoms with Crippen LogP contribution in [0.25, 0.3) is 0 Å². The smallest absolute Gasteiger partial charge is 0.222 e. The predicted octanol–water partition coefficient (Wildman–Crippen LogP) is 4.24. The first-order valence-electron chi connectivity index (χ1n) is 8.78. The van der Waals surface area contributed by atoms with Gasteiger partial charge in [0.1, 0.15) is 0 Å². The summed E-state index contributed by atoms with van der Waals surface area (Å²) in [5.41, 5.74) is 0.972. The Labute approximate surface area is 182 Å². The maximum atomic E-state index is 11.6. The van der Waals surface area contributed by atoms with Crippen molar-refractivity contribution in [2.24, 2.45) is 4.99 Å². The van der Waals surface area contributed by atoms with Gasteiger partial charge in [0.25, 0.3) is 0 Å². The highest BCUT2D eigenvalue weighted by molar-refractivity contribution is 14.0. The number of aliphatic imine (C=N–C) groups is 1. The van der Waals surface area contributed by atoms with Crippen LogP contribution in [0.5, 0.6) is 0 Å². The molecule has 0 aromatic heterocycles. The lowest BCUT2D eigenvalue weighted by Crippen LogP contribution is -2.39. The van der Waals surface area contributed by atoms with E-state index in [1.165, 1.54) is 0 Å². The molecule has 1 aromatic rings. The number of likely N-dealkylation sites (tertiary alicyclic amines) is 1. The molecule has 1 unspecified atom stereocenters. The molecule has 1 saturated heterocycles. The average Bonchev–Trinajstić information content (AvgIpc) is 2.96. The topological polar surface area (TPSA) is 56.7 Å². The van der Waals surface area contributed by atoms with Gasteiger partial charge >= 0.3 is 0 Å². The van der Waals surface area contributed by atoms with Crippen LogP contribution >= 0.6 is 47.2 Å². The quantitative estimate of drug-likeness (QED) is 0.248. The van der Waals surface area contributed by atoms with Crippen molar-refractivity contribution in [1.82, 2.24) is 15.5 Å². The molecule has 0 bridgehead atoms. The van der Waals surface area contributed by atoms with E-state index in [0.29, 0.717) is 23.0 Å². The number of benzene rings is 1. The summed E-state index contributed by atoms with van der Waals surface area (Å²) >= 11 is 12.2. The number of halogens is 3. The molecule has 8 heteroatoms. The third-order valence-electron chi connectivity index (χ3n) is 4.15. The van der Waals surface area contributed by atoms with Crippen LogP contribution in [0.2, 0.25) is 10.0 Å². The summed E-state index contributed by atoms with van der Waals surface area (Å²) in [5.74, 6) is 1.01. The van der Waals surface area contributed by atoms with E-state index in [9.17, 15) is 4.79 Å². The molecule has 5 nitrogen and oxygen atoms in total. The highest BCUT2D eigenvalue weighted by atomic mass is 127. The van der Waals surface area contributed by atoms with E-state index < -0.39 is 0 Å². The van der Waals surface area contributed by atoms with E-state index in [-0.39, 0.29) is 35.9 Å². The van der Waals surface area contributed by atoms with Gasteiger partial charge < -0.3 is 15.5 Å². The van der Waals surface area contributed by atoms with Crippen LogP contribution in [0.3, 0.4) is 0 Å². The van der Waals surface area contributed by atoms with Crippen LogP contribution in [0.4, 0.5) is 0 Å². The zero-order chi connectivity index (χ0) is 18.2. The van der Waals surface area contributed by atoms with E-state index in [0.717, 1.165) is 44.0 Å². The van der Waals surface area contributed by atoms with Crippen LogP contribution < -0.4 is 10.6 Å². The molecule has 1 amide bonds. The molecule has 0 radical (unpaired) electrons. The summed E-state index contributed by atoms with van der Waals surface area (Å²) in [6.07, 6.45) is 2.52. The molecular formula is C18H27Cl2IN4O. The van der Waals surface area contributed by atoms with Gasteiger partial charge in [-0.1, -0.05) is 29.3 Å². The number of nitrogens with zero attached hydrogens (tertiary/aromatic N) is 2. The van der Waals surface area contributed by atoms with Crippen LogP contribution in [0.1, 0.15) is 44.7 Å². The normalized spacial score (nSPS) is 15.6. The Morgan fingerprint density at radius 3 is 2.77 bits per heavy atom. The van der Waals surface area contributed by atoms with Gasteiger partial charge in [0.15, 0.2) is 5.96 Å². The van der Waals surface area contributed by atoms with Gasteiger partial charge in [0.05, 0.1) is 6.04 Å². The van der Waals surface area contributed by atoms with E-state index >= 15 is 0 Å². The Bertz CT molecular complexity index is 627. The van der Waals surface area contributed by atoms with Crippen molar-refractivity contribution in [3.05, 3.63) is 33.8 Å². The fourth-order valence-corrected chi connectivity index (χ4v) is 3.42. The lowest BCUT2D eigenvalue weighted by Gasteiger charge is -2.19. The number of guanidine groups is 1. The number of amides is 1. The first-order valence-corrected chi connectivity index (χ1v) is 9.54. The van der Waals surface area contributed by atoms with Crippen molar-refractivity contribution in [2.75, 3.05) is 26.2 Å². The molecule has 1 heterocycles. The summed E-state index contributed by atoms with van der Waals surface area (Å²) in [4.78, 5) is 18.1. The first-order chi connectivity index (χ1) is 12.0. The number of nitrogens with one attached hydrogen (secondary N) is 2. The van der Waals surface area contributed by atoms with E-state index in [4.69, 9.17) is 23.2 Å². The number of hydrogen-bond donors (Lipinski definition) is 2. The predicted molar refractivity (Wildman–Crippen MR) is 120 cm³/mol. The molecule has 2 rings (SSSR count). The van der Waals surface area contributed by atoms with Gasteiger partial charge in [0, 0.05) is 42.6 Å². The van der Waals surface area contributed by atoms with Gasteiger partial charge in [-0.3, -0.25) is 9.79 Å². The maximum absolute atomic E-state index is 11.6. The van der Waals surface area contributed by atoms with Crippen LogP contribution in [0, 0.1) is 0 Å². The second kappa shape index (κ2) is 11.9. The molecule has 26 heavy (non-hydrogen) atoms. The lowest BCUT2D eigenvalue weighted by atomic mass is 10.1.